The quantitative estimate of drug-likeness (QED) is 0.844. The minimum absolute atomic E-state index is 0.363. The summed E-state index contributed by atoms with van der Waals surface area (Å²) in [7, 11) is 0. The first-order valence-corrected chi connectivity index (χ1v) is 8.59. The van der Waals surface area contributed by atoms with Gasteiger partial charge in [0.05, 0.1) is 11.4 Å². The molecule has 0 radical (unpaired) electrons. The number of benzene rings is 1. The lowest BCUT2D eigenvalue weighted by Crippen LogP contribution is -2.23. The molecule has 5 heteroatoms. The lowest BCUT2D eigenvalue weighted by molar-refractivity contribution is 0.425. The molecule has 0 bridgehead atoms. The van der Waals surface area contributed by atoms with E-state index in [9.17, 15) is 0 Å². The van der Waals surface area contributed by atoms with Crippen LogP contribution >= 0.6 is 0 Å². The van der Waals surface area contributed by atoms with Gasteiger partial charge in [-0.25, -0.2) is 0 Å². The molecular weight excluding hydrogens is 288 g/mol. The molecule has 1 aliphatic rings. The number of nitrogens with one attached hydrogen (secondary N) is 2. The third kappa shape index (κ3) is 4.03. The van der Waals surface area contributed by atoms with Gasteiger partial charge in [-0.3, -0.25) is 0 Å². The van der Waals surface area contributed by atoms with Crippen molar-refractivity contribution in [1.82, 2.24) is 10.1 Å². The van der Waals surface area contributed by atoms with Crippen LogP contribution in [0.2, 0.25) is 0 Å². The molecule has 124 valence electrons. The van der Waals surface area contributed by atoms with Crippen molar-refractivity contribution >= 4 is 11.4 Å². The molecule has 3 rings (SSSR count). The van der Waals surface area contributed by atoms with Gasteiger partial charge in [0.2, 0.25) is 0 Å². The van der Waals surface area contributed by atoms with E-state index >= 15 is 0 Å². The van der Waals surface area contributed by atoms with Crippen LogP contribution in [0.15, 0.2) is 22.7 Å². The second kappa shape index (κ2) is 7.02. The Morgan fingerprint density at radius 2 is 1.91 bits per heavy atom. The van der Waals surface area contributed by atoms with Gasteiger partial charge in [0, 0.05) is 17.6 Å². The number of rotatable bonds is 5. The average Bonchev–Trinajstić information content (AvgIpc) is 2.96. The Morgan fingerprint density at radius 1 is 1.13 bits per heavy atom. The molecule has 0 saturated heterocycles. The molecule has 2 aromatic rings. The number of nitrogens with zero attached hydrogens (tertiary/aromatic N) is 2. The highest BCUT2D eigenvalue weighted by Crippen LogP contribution is 2.31. The molecule has 0 aliphatic heterocycles. The maximum absolute atomic E-state index is 5.29. The Morgan fingerprint density at radius 3 is 2.57 bits per heavy atom. The zero-order valence-electron chi connectivity index (χ0n) is 14.2. The Hall–Kier alpha value is -2.04. The van der Waals surface area contributed by atoms with E-state index < -0.39 is 0 Å². The lowest BCUT2D eigenvalue weighted by Gasteiger charge is -2.26. The summed E-state index contributed by atoms with van der Waals surface area (Å²) in [6.45, 7) is 6.13. The van der Waals surface area contributed by atoms with Gasteiger partial charge in [-0.15, -0.1) is 0 Å². The van der Waals surface area contributed by atoms with E-state index in [-0.39, 0.29) is 0 Å². The maximum atomic E-state index is 5.29. The molecule has 23 heavy (non-hydrogen) atoms. The predicted octanol–water partition coefficient (Wildman–Crippen LogP) is 4.61. The number of aromatic nitrogens is 2. The van der Waals surface area contributed by atoms with Crippen LogP contribution in [-0.2, 0) is 0 Å². The molecule has 1 fully saturated rings. The molecule has 5 nitrogen and oxygen atoms in total. The van der Waals surface area contributed by atoms with E-state index in [0.717, 1.165) is 16.9 Å². The van der Waals surface area contributed by atoms with Crippen molar-refractivity contribution in [2.24, 2.45) is 0 Å². The van der Waals surface area contributed by atoms with E-state index in [1.165, 1.54) is 32.1 Å². The Kier molecular flexibility index (Phi) is 4.84. The van der Waals surface area contributed by atoms with Gasteiger partial charge in [0.1, 0.15) is 0 Å². The van der Waals surface area contributed by atoms with E-state index in [4.69, 9.17) is 4.52 Å². The normalized spacial score (nSPS) is 15.8. The standard InChI is InChI=1S/C18H26N4O/c1-12(2)19-17-11-14(18-20-13(3)22-23-18)9-10-16(17)21-15-7-5-4-6-8-15/h9-12,15,19,21H,4-8H2,1-3H3. The second-order valence-corrected chi connectivity index (χ2v) is 6.69. The first-order valence-electron chi connectivity index (χ1n) is 8.59. The van der Waals surface area contributed by atoms with Crippen LogP contribution in [0.4, 0.5) is 11.4 Å². The summed E-state index contributed by atoms with van der Waals surface area (Å²) in [5, 5.41) is 11.1. The van der Waals surface area contributed by atoms with Crippen molar-refractivity contribution in [2.45, 2.75) is 65.0 Å². The third-order valence-electron chi connectivity index (χ3n) is 4.20. The fourth-order valence-corrected chi connectivity index (χ4v) is 3.11. The largest absolute Gasteiger partial charge is 0.381 e. The van der Waals surface area contributed by atoms with Crippen LogP contribution in [0.3, 0.4) is 0 Å². The molecule has 1 aromatic heterocycles. The minimum atomic E-state index is 0.363. The van der Waals surface area contributed by atoms with Crippen molar-refractivity contribution in [3.63, 3.8) is 0 Å². The van der Waals surface area contributed by atoms with Crippen LogP contribution in [0.5, 0.6) is 0 Å². The first-order chi connectivity index (χ1) is 11.1. The van der Waals surface area contributed by atoms with Crippen LogP contribution < -0.4 is 10.6 Å². The average molecular weight is 314 g/mol. The predicted molar refractivity (Wildman–Crippen MR) is 93.7 cm³/mol. The van der Waals surface area contributed by atoms with Gasteiger partial charge >= 0.3 is 0 Å². The van der Waals surface area contributed by atoms with E-state index in [1.54, 1.807) is 0 Å². The van der Waals surface area contributed by atoms with Crippen LogP contribution in [-0.4, -0.2) is 22.2 Å². The molecule has 0 amide bonds. The number of hydrogen-bond acceptors (Lipinski definition) is 5. The SMILES string of the molecule is Cc1noc(-c2ccc(NC3CCCCC3)c(NC(C)C)c2)n1. The summed E-state index contributed by atoms with van der Waals surface area (Å²) < 4.78 is 5.29. The molecule has 2 N–H and O–H groups in total. The summed E-state index contributed by atoms with van der Waals surface area (Å²) in [5.41, 5.74) is 3.20. The van der Waals surface area contributed by atoms with Gasteiger partial charge < -0.3 is 15.2 Å². The molecule has 1 heterocycles. The van der Waals surface area contributed by atoms with Gasteiger partial charge in [0.15, 0.2) is 5.82 Å². The van der Waals surface area contributed by atoms with Crippen LogP contribution in [0.1, 0.15) is 51.8 Å². The Balaban J connectivity index is 1.85. The van der Waals surface area contributed by atoms with E-state index in [1.807, 2.05) is 13.0 Å². The summed E-state index contributed by atoms with van der Waals surface area (Å²) in [6, 6.07) is 7.20. The maximum Gasteiger partial charge on any atom is 0.257 e. The lowest BCUT2D eigenvalue weighted by atomic mass is 9.95. The van der Waals surface area contributed by atoms with Gasteiger partial charge in [0.25, 0.3) is 5.89 Å². The molecular formula is C18H26N4O. The monoisotopic (exact) mass is 314 g/mol. The fraction of sp³-hybridized carbons (Fsp3) is 0.556. The van der Waals surface area contributed by atoms with E-state index in [2.05, 4.69) is 46.8 Å². The minimum Gasteiger partial charge on any atom is -0.381 e. The zero-order chi connectivity index (χ0) is 16.2. The van der Waals surface area contributed by atoms with Crippen molar-refractivity contribution in [1.29, 1.82) is 0 Å². The summed E-state index contributed by atoms with van der Waals surface area (Å²) in [4.78, 5) is 4.32. The third-order valence-corrected chi connectivity index (χ3v) is 4.20. The second-order valence-electron chi connectivity index (χ2n) is 6.69. The molecule has 1 saturated carbocycles. The van der Waals surface area contributed by atoms with Gasteiger partial charge in [-0.05, 0) is 51.8 Å². The molecule has 0 unspecified atom stereocenters. The fourth-order valence-electron chi connectivity index (χ4n) is 3.11. The molecule has 0 atom stereocenters. The highest BCUT2D eigenvalue weighted by molar-refractivity contribution is 5.75. The van der Waals surface area contributed by atoms with Gasteiger partial charge in [-0.2, -0.15) is 4.98 Å². The molecule has 1 aromatic carbocycles. The van der Waals surface area contributed by atoms with Gasteiger partial charge in [-0.1, -0.05) is 24.4 Å². The number of aryl methyl sites for hydroxylation is 1. The highest BCUT2D eigenvalue weighted by Gasteiger charge is 2.16. The topological polar surface area (TPSA) is 63.0 Å². The van der Waals surface area contributed by atoms with Crippen LogP contribution in [0, 0.1) is 6.92 Å². The number of hydrogen-bond donors (Lipinski definition) is 2. The highest BCUT2D eigenvalue weighted by atomic mass is 16.5. The van der Waals surface area contributed by atoms with Crippen LogP contribution in [0.25, 0.3) is 11.5 Å². The zero-order valence-corrected chi connectivity index (χ0v) is 14.2. The number of anilines is 2. The smallest absolute Gasteiger partial charge is 0.257 e. The van der Waals surface area contributed by atoms with Crippen molar-refractivity contribution in [3.05, 3.63) is 24.0 Å². The van der Waals surface area contributed by atoms with Crippen molar-refractivity contribution in [3.8, 4) is 11.5 Å². The summed E-state index contributed by atoms with van der Waals surface area (Å²) >= 11 is 0. The van der Waals surface area contributed by atoms with Crippen molar-refractivity contribution in [2.75, 3.05) is 10.6 Å². The van der Waals surface area contributed by atoms with Crippen molar-refractivity contribution < 1.29 is 4.52 Å². The molecule has 1 aliphatic carbocycles. The first kappa shape index (κ1) is 15.8. The summed E-state index contributed by atoms with van der Waals surface area (Å²) in [5.74, 6) is 1.22. The molecule has 0 spiro atoms. The Bertz CT molecular complexity index is 644. The summed E-state index contributed by atoms with van der Waals surface area (Å²) in [6.07, 6.45) is 6.52. The Labute approximate surface area is 137 Å². The van der Waals surface area contributed by atoms with E-state index in [0.29, 0.717) is 23.8 Å².